The Balaban J connectivity index is 1.74. The molecule has 3 rings (SSSR count). The molecule has 0 saturated heterocycles. The van der Waals surface area contributed by atoms with Crippen LogP contribution in [0.25, 0.3) is 0 Å². The van der Waals surface area contributed by atoms with E-state index in [1.54, 1.807) is 38.1 Å². The van der Waals surface area contributed by atoms with Gasteiger partial charge < -0.3 is 5.32 Å². The van der Waals surface area contributed by atoms with Crippen molar-refractivity contribution in [2.24, 2.45) is 0 Å². The summed E-state index contributed by atoms with van der Waals surface area (Å²) in [5.74, 6) is -3.36. The largest absolute Gasteiger partial charge is 0.348 e. The molecule has 166 valence electrons. The van der Waals surface area contributed by atoms with E-state index >= 15 is 0 Å². The van der Waals surface area contributed by atoms with Crippen LogP contribution >= 0.6 is 11.3 Å². The highest BCUT2D eigenvalue weighted by atomic mass is 32.2. The highest BCUT2D eigenvalue weighted by molar-refractivity contribution is 7.93. The summed E-state index contributed by atoms with van der Waals surface area (Å²) in [6.45, 7) is 3.58. The minimum atomic E-state index is -4.42. The molecule has 0 bridgehead atoms. The van der Waals surface area contributed by atoms with Crippen molar-refractivity contribution in [3.8, 4) is 6.07 Å². The van der Waals surface area contributed by atoms with Gasteiger partial charge in [-0.2, -0.15) is 5.26 Å². The first kappa shape index (κ1) is 23.3. The van der Waals surface area contributed by atoms with E-state index in [1.165, 1.54) is 11.6 Å². The van der Waals surface area contributed by atoms with E-state index in [1.807, 2.05) is 4.72 Å². The van der Waals surface area contributed by atoms with E-state index in [9.17, 15) is 27.3 Å². The summed E-state index contributed by atoms with van der Waals surface area (Å²) in [5, 5.41) is 13.2. The summed E-state index contributed by atoms with van der Waals surface area (Å²) < 4.78 is 55.6. The maximum atomic E-state index is 14.5. The number of rotatable bonds is 7. The molecule has 0 aliphatic rings. The Morgan fingerprint density at radius 2 is 1.88 bits per heavy atom. The van der Waals surface area contributed by atoms with Gasteiger partial charge in [-0.1, -0.05) is 24.3 Å². The highest BCUT2D eigenvalue weighted by Crippen LogP contribution is 2.24. The van der Waals surface area contributed by atoms with Gasteiger partial charge in [0.15, 0.2) is 5.13 Å². The van der Waals surface area contributed by atoms with Gasteiger partial charge in [0.05, 0.1) is 17.0 Å². The van der Waals surface area contributed by atoms with Crippen molar-refractivity contribution < 1.29 is 22.0 Å². The van der Waals surface area contributed by atoms with Gasteiger partial charge in [-0.05, 0) is 37.1 Å². The molecule has 0 aliphatic heterocycles. The monoisotopic (exact) mass is 476 g/mol. The van der Waals surface area contributed by atoms with Crippen LogP contribution in [-0.4, -0.2) is 19.3 Å². The molecule has 0 fully saturated rings. The Morgan fingerprint density at radius 1 is 1.19 bits per heavy atom. The van der Waals surface area contributed by atoms with Crippen molar-refractivity contribution in [2.45, 2.75) is 30.7 Å². The zero-order valence-corrected chi connectivity index (χ0v) is 18.7. The van der Waals surface area contributed by atoms with Gasteiger partial charge in [-0.15, -0.1) is 11.3 Å². The van der Waals surface area contributed by atoms with Crippen LogP contribution in [0.3, 0.4) is 0 Å². The van der Waals surface area contributed by atoms with Crippen molar-refractivity contribution in [1.29, 1.82) is 5.26 Å². The standard InChI is InChI=1S/C21H18F2N4O3S2/c1-21(2,12-24)14-5-3-13(4-6-14)11-26-19(28)15-9-17(23)18(10-16(15)22)32(29,30)27-20-25-7-8-31-20/h3-10H,11H2,1-2H3,(H,25,27)(H,26,28). The number of amides is 1. The molecule has 0 aliphatic carbocycles. The van der Waals surface area contributed by atoms with Crippen LogP contribution in [0.2, 0.25) is 0 Å². The zero-order valence-electron chi connectivity index (χ0n) is 17.0. The molecule has 7 nitrogen and oxygen atoms in total. The Bertz CT molecular complexity index is 1280. The number of carbonyl (C=O) groups is 1. The second kappa shape index (κ2) is 9.02. The lowest BCUT2D eigenvalue weighted by Gasteiger charge is -2.16. The smallest absolute Gasteiger partial charge is 0.266 e. The maximum Gasteiger partial charge on any atom is 0.266 e. The van der Waals surface area contributed by atoms with Crippen molar-refractivity contribution in [3.05, 3.63) is 76.3 Å². The topological polar surface area (TPSA) is 112 Å². The summed E-state index contributed by atoms with van der Waals surface area (Å²) in [5.41, 5.74) is 0.187. The molecule has 3 aromatic rings. The second-order valence-electron chi connectivity index (χ2n) is 7.32. The first-order valence-corrected chi connectivity index (χ1v) is 11.6. The number of thiazole rings is 1. The molecule has 1 amide bonds. The molecule has 0 saturated carbocycles. The Morgan fingerprint density at radius 3 is 2.47 bits per heavy atom. The molecule has 2 aromatic carbocycles. The van der Waals surface area contributed by atoms with E-state index in [0.717, 1.165) is 16.9 Å². The van der Waals surface area contributed by atoms with E-state index in [0.29, 0.717) is 17.7 Å². The fourth-order valence-electron chi connectivity index (χ4n) is 2.73. The Labute approximate surface area is 187 Å². The van der Waals surface area contributed by atoms with Crippen molar-refractivity contribution in [3.63, 3.8) is 0 Å². The predicted molar refractivity (Wildman–Crippen MR) is 116 cm³/mol. The number of hydrogen-bond acceptors (Lipinski definition) is 6. The van der Waals surface area contributed by atoms with E-state index in [2.05, 4.69) is 16.4 Å². The normalized spacial score (nSPS) is 11.6. The summed E-state index contributed by atoms with van der Waals surface area (Å²) >= 11 is 0.973. The summed E-state index contributed by atoms with van der Waals surface area (Å²) in [4.78, 5) is 15.1. The number of aromatic nitrogens is 1. The number of sulfonamides is 1. The lowest BCUT2D eigenvalue weighted by atomic mass is 9.86. The Kier molecular flexibility index (Phi) is 6.57. The number of nitrogens with zero attached hydrogens (tertiary/aromatic N) is 2. The van der Waals surface area contributed by atoms with Gasteiger partial charge in [0.2, 0.25) is 0 Å². The zero-order chi connectivity index (χ0) is 23.5. The van der Waals surface area contributed by atoms with Crippen LogP contribution in [0.4, 0.5) is 13.9 Å². The van der Waals surface area contributed by atoms with Gasteiger partial charge in [-0.25, -0.2) is 22.2 Å². The number of nitriles is 1. The fraction of sp³-hybridized carbons (Fsp3) is 0.190. The molecule has 0 unspecified atom stereocenters. The van der Waals surface area contributed by atoms with Gasteiger partial charge in [0, 0.05) is 18.1 Å². The molecule has 11 heteroatoms. The number of anilines is 1. The molecule has 1 aromatic heterocycles. The number of halogens is 2. The molecule has 2 N–H and O–H groups in total. The quantitative estimate of drug-likeness (QED) is 0.536. The third-order valence-electron chi connectivity index (χ3n) is 4.62. The van der Waals surface area contributed by atoms with Crippen LogP contribution in [0, 0.1) is 23.0 Å². The van der Waals surface area contributed by atoms with Crippen LogP contribution in [-0.2, 0) is 22.0 Å². The lowest BCUT2D eigenvalue weighted by Crippen LogP contribution is -2.25. The molecule has 0 spiro atoms. The number of carbonyl (C=O) groups excluding carboxylic acids is 1. The molecule has 32 heavy (non-hydrogen) atoms. The minimum absolute atomic E-state index is 0.00389. The third kappa shape index (κ3) is 5.09. The molecule has 1 heterocycles. The average Bonchev–Trinajstić information content (AvgIpc) is 3.25. The van der Waals surface area contributed by atoms with E-state index in [4.69, 9.17) is 0 Å². The van der Waals surface area contributed by atoms with Gasteiger partial charge in [-0.3, -0.25) is 9.52 Å². The average molecular weight is 477 g/mol. The molecule has 0 radical (unpaired) electrons. The number of nitrogens with one attached hydrogen (secondary N) is 2. The fourth-order valence-corrected chi connectivity index (χ4v) is 4.59. The maximum absolute atomic E-state index is 14.5. The van der Waals surface area contributed by atoms with Crippen LogP contribution in [0.5, 0.6) is 0 Å². The minimum Gasteiger partial charge on any atom is -0.348 e. The Hall–Kier alpha value is -3.36. The number of benzene rings is 2. The lowest BCUT2D eigenvalue weighted by molar-refractivity contribution is 0.0946. The summed E-state index contributed by atoms with van der Waals surface area (Å²) in [7, 11) is -4.42. The van der Waals surface area contributed by atoms with E-state index < -0.39 is 43.4 Å². The van der Waals surface area contributed by atoms with Crippen molar-refractivity contribution >= 4 is 32.4 Å². The van der Waals surface area contributed by atoms with Crippen molar-refractivity contribution in [2.75, 3.05) is 4.72 Å². The van der Waals surface area contributed by atoms with Crippen LogP contribution in [0.15, 0.2) is 52.9 Å². The second-order valence-corrected chi connectivity index (χ2v) is 9.87. The van der Waals surface area contributed by atoms with Gasteiger partial charge in [0.25, 0.3) is 15.9 Å². The van der Waals surface area contributed by atoms with Crippen LogP contribution in [0.1, 0.15) is 35.3 Å². The predicted octanol–water partition coefficient (Wildman–Crippen LogP) is 3.95. The van der Waals surface area contributed by atoms with Crippen molar-refractivity contribution in [1.82, 2.24) is 10.3 Å². The third-order valence-corrected chi connectivity index (χ3v) is 6.79. The van der Waals surface area contributed by atoms with Gasteiger partial charge in [0.1, 0.15) is 16.5 Å². The number of hydrogen-bond donors (Lipinski definition) is 2. The SMILES string of the molecule is CC(C)(C#N)c1ccc(CNC(=O)c2cc(F)c(S(=O)(=O)Nc3nccs3)cc2F)cc1. The first-order chi connectivity index (χ1) is 15.0. The van der Waals surface area contributed by atoms with Gasteiger partial charge >= 0.3 is 0 Å². The highest BCUT2D eigenvalue weighted by Gasteiger charge is 2.25. The first-order valence-electron chi connectivity index (χ1n) is 9.24. The summed E-state index contributed by atoms with van der Waals surface area (Å²) in [6, 6.07) is 10.1. The van der Waals surface area contributed by atoms with E-state index in [-0.39, 0.29) is 11.7 Å². The van der Waals surface area contributed by atoms with Crippen LogP contribution < -0.4 is 10.0 Å². The summed E-state index contributed by atoms with van der Waals surface area (Å²) in [6.07, 6.45) is 1.35. The molecule has 0 atom stereocenters. The molecular formula is C21H18F2N4O3S2. The molecular weight excluding hydrogens is 458 g/mol.